The quantitative estimate of drug-likeness (QED) is 0.530. The second-order valence-electron chi connectivity index (χ2n) is 6.07. The minimum absolute atomic E-state index is 0.301. The molecule has 0 N–H and O–H groups in total. The van der Waals surface area contributed by atoms with Gasteiger partial charge in [0.2, 0.25) is 0 Å². The normalized spacial score (nSPS) is 16.0. The van der Waals surface area contributed by atoms with Gasteiger partial charge >= 0.3 is 37.9 Å². The third-order valence-corrected chi connectivity index (χ3v) is 2.64. The molecule has 0 unspecified atom stereocenters. The molecule has 92 valence electrons. The van der Waals surface area contributed by atoms with E-state index in [1.807, 2.05) is 0 Å². The summed E-state index contributed by atoms with van der Waals surface area (Å²) >= 11 is -0.826. The SMILES string of the molecule is CC(C)(C)C1=C(C(C)(C)C)CC=C1.[Cl][Zr][Cl]. The molecule has 0 heterocycles. The van der Waals surface area contributed by atoms with Crippen molar-refractivity contribution in [3.05, 3.63) is 23.3 Å². The molecule has 0 aromatic heterocycles. The average molecular weight is 340 g/mol. The maximum absolute atomic E-state index is 4.93. The monoisotopic (exact) mass is 338 g/mol. The van der Waals surface area contributed by atoms with Gasteiger partial charge in [0.1, 0.15) is 0 Å². The van der Waals surface area contributed by atoms with E-state index in [1.54, 1.807) is 11.1 Å². The Morgan fingerprint density at radius 1 is 1.00 bits per heavy atom. The molecule has 0 saturated carbocycles. The molecule has 0 aromatic carbocycles. The van der Waals surface area contributed by atoms with Crippen molar-refractivity contribution in [1.29, 1.82) is 0 Å². The zero-order valence-corrected chi connectivity index (χ0v) is 15.1. The van der Waals surface area contributed by atoms with Crippen molar-refractivity contribution in [2.24, 2.45) is 10.8 Å². The van der Waals surface area contributed by atoms with Crippen molar-refractivity contribution < 1.29 is 20.8 Å². The number of hydrogen-bond acceptors (Lipinski definition) is 0. The molecule has 0 atom stereocenters. The average Bonchev–Trinajstić information content (AvgIpc) is 2.49. The van der Waals surface area contributed by atoms with E-state index in [9.17, 15) is 0 Å². The van der Waals surface area contributed by atoms with Crippen LogP contribution in [0.25, 0.3) is 0 Å². The Balaban J connectivity index is 0.000000673. The van der Waals surface area contributed by atoms with Crippen LogP contribution in [0.3, 0.4) is 0 Å². The first-order valence-corrected chi connectivity index (χ1v) is 11.8. The molecule has 16 heavy (non-hydrogen) atoms. The molecule has 0 radical (unpaired) electrons. The Bertz CT molecular complexity index is 277. The van der Waals surface area contributed by atoms with Crippen molar-refractivity contribution in [2.45, 2.75) is 48.0 Å². The van der Waals surface area contributed by atoms with Crippen molar-refractivity contribution in [3.8, 4) is 0 Å². The minimum atomic E-state index is -0.826. The van der Waals surface area contributed by atoms with Crippen LogP contribution >= 0.6 is 17.0 Å². The van der Waals surface area contributed by atoms with Crippen LogP contribution in [0.5, 0.6) is 0 Å². The van der Waals surface area contributed by atoms with Gasteiger partial charge in [0, 0.05) is 0 Å². The van der Waals surface area contributed by atoms with Gasteiger partial charge in [-0.15, -0.1) is 0 Å². The number of rotatable bonds is 0. The molecule has 0 aliphatic heterocycles. The fourth-order valence-corrected chi connectivity index (χ4v) is 1.92. The van der Waals surface area contributed by atoms with Gasteiger partial charge in [-0.1, -0.05) is 59.3 Å². The summed E-state index contributed by atoms with van der Waals surface area (Å²) in [5, 5.41) is 0. The topological polar surface area (TPSA) is 0 Å². The molecule has 0 aromatic rings. The molecule has 3 heteroatoms. The van der Waals surface area contributed by atoms with E-state index < -0.39 is 20.8 Å². The molecule has 1 aliphatic rings. The van der Waals surface area contributed by atoms with Crippen molar-refractivity contribution >= 4 is 17.0 Å². The Labute approximate surface area is 119 Å². The second-order valence-corrected chi connectivity index (χ2v) is 9.80. The first-order chi connectivity index (χ1) is 7.14. The van der Waals surface area contributed by atoms with Crippen LogP contribution in [0, 0.1) is 10.8 Å². The Hall–Kier alpha value is 0.943. The molecule has 0 spiro atoms. The van der Waals surface area contributed by atoms with Crippen LogP contribution in [0.15, 0.2) is 23.3 Å². The van der Waals surface area contributed by atoms with E-state index in [4.69, 9.17) is 17.0 Å². The third kappa shape index (κ3) is 5.52. The van der Waals surface area contributed by atoms with E-state index in [1.165, 1.54) is 0 Å². The van der Waals surface area contributed by atoms with Gasteiger partial charge in [-0.3, -0.25) is 0 Å². The van der Waals surface area contributed by atoms with Crippen LogP contribution in [0.1, 0.15) is 48.0 Å². The Morgan fingerprint density at radius 3 is 1.69 bits per heavy atom. The molecule has 1 aliphatic carbocycles. The fourth-order valence-electron chi connectivity index (χ4n) is 1.92. The second kappa shape index (κ2) is 6.76. The number of allylic oxidation sites excluding steroid dienone is 4. The van der Waals surface area contributed by atoms with Gasteiger partial charge in [-0.2, -0.15) is 0 Å². The summed E-state index contributed by atoms with van der Waals surface area (Å²) in [4.78, 5) is 0. The summed E-state index contributed by atoms with van der Waals surface area (Å²) < 4.78 is 0. The van der Waals surface area contributed by atoms with Crippen LogP contribution < -0.4 is 0 Å². The summed E-state index contributed by atoms with van der Waals surface area (Å²) in [5.74, 6) is 0. The van der Waals surface area contributed by atoms with E-state index >= 15 is 0 Å². The van der Waals surface area contributed by atoms with Gasteiger partial charge in [0.05, 0.1) is 0 Å². The van der Waals surface area contributed by atoms with Gasteiger partial charge < -0.3 is 0 Å². The molecular weight excluding hydrogens is 318 g/mol. The van der Waals surface area contributed by atoms with Crippen molar-refractivity contribution in [3.63, 3.8) is 0 Å². The predicted octanol–water partition coefficient (Wildman–Crippen LogP) is 5.71. The summed E-state index contributed by atoms with van der Waals surface area (Å²) in [6.07, 6.45) is 5.75. The van der Waals surface area contributed by atoms with Crippen LogP contribution in [-0.4, -0.2) is 0 Å². The molecule has 0 bridgehead atoms. The van der Waals surface area contributed by atoms with E-state index in [0.717, 1.165) is 6.42 Å². The standard InChI is InChI=1S/C13H22.2ClH.Zr/c1-12(2,3)10-8-7-9-11(10)13(4,5)6;;;/h7-8H,9H2,1-6H3;2*1H;/q;;;+2/p-2. The number of hydrogen-bond donors (Lipinski definition) is 0. The van der Waals surface area contributed by atoms with Gasteiger partial charge in [0.25, 0.3) is 0 Å². The molecular formula is C13H22Cl2Zr. The van der Waals surface area contributed by atoms with Crippen molar-refractivity contribution in [1.82, 2.24) is 0 Å². The Kier molecular flexibility index (Phi) is 7.16. The van der Waals surface area contributed by atoms with Crippen molar-refractivity contribution in [2.75, 3.05) is 0 Å². The molecule has 0 amide bonds. The summed E-state index contributed by atoms with van der Waals surface area (Å²) in [6.45, 7) is 13.8. The fraction of sp³-hybridized carbons (Fsp3) is 0.692. The molecule has 0 fully saturated rings. The van der Waals surface area contributed by atoms with Crippen LogP contribution in [0.2, 0.25) is 0 Å². The predicted molar refractivity (Wildman–Crippen MR) is 71.4 cm³/mol. The van der Waals surface area contributed by atoms with E-state index in [0.29, 0.717) is 10.8 Å². The van der Waals surface area contributed by atoms with Gasteiger partial charge in [0.15, 0.2) is 0 Å². The van der Waals surface area contributed by atoms with Crippen LogP contribution in [0.4, 0.5) is 0 Å². The summed E-state index contributed by atoms with van der Waals surface area (Å²) in [5.41, 5.74) is 3.78. The zero-order chi connectivity index (χ0) is 13.0. The van der Waals surface area contributed by atoms with E-state index in [-0.39, 0.29) is 0 Å². The maximum atomic E-state index is 4.93. The third-order valence-electron chi connectivity index (χ3n) is 2.64. The molecule has 0 nitrogen and oxygen atoms in total. The Morgan fingerprint density at radius 2 is 1.44 bits per heavy atom. The van der Waals surface area contributed by atoms with Crippen LogP contribution in [-0.2, 0) is 20.8 Å². The molecule has 1 rings (SSSR count). The van der Waals surface area contributed by atoms with Gasteiger partial charge in [-0.05, 0) is 22.8 Å². The first-order valence-electron chi connectivity index (χ1n) is 5.51. The number of halogens is 2. The van der Waals surface area contributed by atoms with Gasteiger partial charge in [-0.25, -0.2) is 0 Å². The van der Waals surface area contributed by atoms with E-state index in [2.05, 4.69) is 53.7 Å². The first kappa shape index (κ1) is 16.9. The zero-order valence-electron chi connectivity index (χ0n) is 11.1. The molecule has 0 saturated heterocycles. The summed E-state index contributed by atoms with van der Waals surface area (Å²) in [6, 6.07) is 0. The summed E-state index contributed by atoms with van der Waals surface area (Å²) in [7, 11) is 9.87.